The largest absolute Gasteiger partial charge is 0.324 e. The molecule has 0 aliphatic rings. The van der Waals surface area contributed by atoms with Gasteiger partial charge in [0.15, 0.2) is 5.16 Å². The number of nitrogens with one attached hydrogen (secondary N) is 2. The number of aromatic nitrogens is 3. The second kappa shape index (κ2) is 7.24. The number of nitrogens with zero attached hydrogens (tertiary/aromatic N) is 3. The number of benzene rings is 2. The van der Waals surface area contributed by atoms with Crippen LogP contribution in [0.25, 0.3) is 0 Å². The number of nitrogens with two attached hydrogens (primary N) is 1. The number of hydrazine groups is 1. The van der Waals surface area contributed by atoms with Crippen LogP contribution in [-0.2, 0) is 0 Å². The first-order valence-corrected chi connectivity index (χ1v) is 7.94. The minimum atomic E-state index is -0.309. The van der Waals surface area contributed by atoms with Gasteiger partial charge >= 0.3 is 0 Å². The van der Waals surface area contributed by atoms with Gasteiger partial charge in [0.05, 0.1) is 0 Å². The van der Waals surface area contributed by atoms with Gasteiger partial charge in [0, 0.05) is 10.6 Å². The lowest BCUT2D eigenvalue weighted by Gasteiger charge is -2.08. The highest BCUT2D eigenvalue weighted by molar-refractivity contribution is 7.99. The molecule has 0 atom stereocenters. The first-order valence-electron chi connectivity index (χ1n) is 7.12. The quantitative estimate of drug-likeness (QED) is 0.483. The van der Waals surface area contributed by atoms with Gasteiger partial charge in [-0.3, -0.25) is 5.43 Å². The number of rotatable bonds is 5. The lowest BCUT2D eigenvalue weighted by atomic mass is 10.2. The molecule has 0 amide bonds. The molecule has 0 fully saturated rings. The van der Waals surface area contributed by atoms with Crippen molar-refractivity contribution in [1.82, 2.24) is 15.0 Å². The van der Waals surface area contributed by atoms with E-state index in [0.29, 0.717) is 16.8 Å². The summed E-state index contributed by atoms with van der Waals surface area (Å²) in [6, 6.07) is 13.9. The fourth-order valence-electron chi connectivity index (χ4n) is 1.90. The van der Waals surface area contributed by atoms with Gasteiger partial charge in [-0.2, -0.15) is 15.0 Å². The SMILES string of the molecule is Cc1ccc(Sc2nc(NN)nc(Nc3ccc(F)cc3)n2)cc1. The van der Waals surface area contributed by atoms with Gasteiger partial charge in [0.2, 0.25) is 11.9 Å². The first kappa shape index (κ1) is 16.2. The van der Waals surface area contributed by atoms with Crippen LogP contribution in [0.1, 0.15) is 5.56 Å². The molecule has 8 heteroatoms. The van der Waals surface area contributed by atoms with E-state index in [1.807, 2.05) is 31.2 Å². The van der Waals surface area contributed by atoms with E-state index in [9.17, 15) is 4.39 Å². The van der Waals surface area contributed by atoms with Crippen molar-refractivity contribution in [2.45, 2.75) is 17.0 Å². The van der Waals surface area contributed by atoms with Crippen LogP contribution in [0.3, 0.4) is 0 Å². The zero-order chi connectivity index (χ0) is 16.9. The Balaban J connectivity index is 1.84. The number of nitrogen functional groups attached to an aromatic ring is 1. The predicted molar refractivity (Wildman–Crippen MR) is 92.6 cm³/mol. The maximum Gasteiger partial charge on any atom is 0.242 e. The molecule has 3 rings (SSSR count). The third kappa shape index (κ3) is 4.18. The van der Waals surface area contributed by atoms with Crippen molar-refractivity contribution in [1.29, 1.82) is 0 Å². The molecule has 6 nitrogen and oxygen atoms in total. The highest BCUT2D eigenvalue weighted by Gasteiger charge is 2.08. The van der Waals surface area contributed by atoms with Crippen molar-refractivity contribution >= 4 is 29.3 Å². The summed E-state index contributed by atoms with van der Waals surface area (Å²) in [5.74, 6) is 5.67. The number of hydrogen-bond acceptors (Lipinski definition) is 7. The van der Waals surface area contributed by atoms with Gasteiger partial charge in [-0.25, -0.2) is 10.2 Å². The molecule has 122 valence electrons. The molecule has 0 spiro atoms. The minimum absolute atomic E-state index is 0.240. The average molecular weight is 342 g/mol. The summed E-state index contributed by atoms with van der Waals surface area (Å²) in [6.45, 7) is 2.03. The van der Waals surface area contributed by atoms with E-state index in [0.717, 1.165) is 4.90 Å². The summed E-state index contributed by atoms with van der Waals surface area (Å²) >= 11 is 1.40. The van der Waals surface area contributed by atoms with E-state index in [2.05, 4.69) is 25.7 Å². The van der Waals surface area contributed by atoms with Crippen molar-refractivity contribution in [2.24, 2.45) is 5.84 Å². The van der Waals surface area contributed by atoms with E-state index in [1.165, 1.54) is 29.5 Å². The van der Waals surface area contributed by atoms with Gasteiger partial charge in [0.1, 0.15) is 5.82 Å². The Labute approximate surface area is 142 Å². The third-order valence-electron chi connectivity index (χ3n) is 3.07. The fourth-order valence-corrected chi connectivity index (χ4v) is 2.64. The summed E-state index contributed by atoms with van der Waals surface area (Å²) in [4.78, 5) is 13.7. The molecule has 1 aromatic heterocycles. The van der Waals surface area contributed by atoms with E-state index in [1.54, 1.807) is 12.1 Å². The second-order valence-corrected chi connectivity index (χ2v) is 6.00. The molecular formula is C16H15FN6S. The molecule has 0 aliphatic heterocycles. The average Bonchev–Trinajstić information content (AvgIpc) is 2.59. The van der Waals surface area contributed by atoms with Crippen LogP contribution >= 0.6 is 11.8 Å². The van der Waals surface area contributed by atoms with Crippen LogP contribution in [-0.4, -0.2) is 15.0 Å². The normalized spacial score (nSPS) is 10.5. The Bertz CT molecular complexity index is 757. The molecular weight excluding hydrogens is 327 g/mol. The summed E-state index contributed by atoms with van der Waals surface area (Å²) in [7, 11) is 0. The van der Waals surface area contributed by atoms with Crippen molar-refractivity contribution in [3.8, 4) is 0 Å². The standard InChI is InChI=1S/C16H15FN6S/c1-10-2-8-13(9-3-10)24-16-21-14(20-15(22-16)23-18)19-12-6-4-11(17)5-7-12/h2-9H,18H2,1H3,(H2,19,20,21,22,23). The van der Waals surface area contributed by atoms with Gasteiger partial charge in [-0.15, -0.1) is 0 Å². The molecule has 0 bridgehead atoms. The lowest BCUT2D eigenvalue weighted by Crippen LogP contribution is -2.13. The predicted octanol–water partition coefficient (Wildman–Crippen LogP) is 3.50. The number of hydrogen-bond donors (Lipinski definition) is 3. The lowest BCUT2D eigenvalue weighted by molar-refractivity contribution is 0.628. The van der Waals surface area contributed by atoms with Gasteiger partial charge in [-0.05, 0) is 55.1 Å². The summed E-state index contributed by atoms with van der Waals surface area (Å²) < 4.78 is 13.0. The smallest absolute Gasteiger partial charge is 0.242 e. The molecule has 3 aromatic rings. The van der Waals surface area contributed by atoms with Crippen molar-refractivity contribution < 1.29 is 4.39 Å². The van der Waals surface area contributed by atoms with Crippen LogP contribution in [0, 0.1) is 12.7 Å². The minimum Gasteiger partial charge on any atom is -0.324 e. The van der Waals surface area contributed by atoms with Crippen molar-refractivity contribution in [2.75, 3.05) is 10.7 Å². The van der Waals surface area contributed by atoms with Crippen LogP contribution < -0.4 is 16.6 Å². The monoisotopic (exact) mass is 342 g/mol. The van der Waals surface area contributed by atoms with Crippen LogP contribution in [0.15, 0.2) is 58.6 Å². The third-order valence-corrected chi connectivity index (χ3v) is 3.95. The number of aryl methyl sites for hydroxylation is 1. The Morgan fingerprint density at radius 2 is 1.58 bits per heavy atom. The Morgan fingerprint density at radius 1 is 0.917 bits per heavy atom. The topological polar surface area (TPSA) is 88.8 Å². The van der Waals surface area contributed by atoms with E-state index in [-0.39, 0.29) is 11.8 Å². The Hall–Kier alpha value is -2.71. The molecule has 0 saturated carbocycles. The van der Waals surface area contributed by atoms with Crippen LogP contribution in [0.4, 0.5) is 22.0 Å². The number of halogens is 1. The van der Waals surface area contributed by atoms with Crippen molar-refractivity contribution in [3.05, 3.63) is 59.9 Å². The summed E-state index contributed by atoms with van der Waals surface area (Å²) in [5, 5.41) is 3.50. The maximum atomic E-state index is 13.0. The van der Waals surface area contributed by atoms with Gasteiger partial charge < -0.3 is 5.32 Å². The molecule has 0 unspecified atom stereocenters. The fraction of sp³-hybridized carbons (Fsp3) is 0.0625. The highest BCUT2D eigenvalue weighted by Crippen LogP contribution is 2.26. The number of anilines is 3. The van der Waals surface area contributed by atoms with Gasteiger partial charge in [0.25, 0.3) is 0 Å². The first-order chi connectivity index (χ1) is 11.6. The molecule has 24 heavy (non-hydrogen) atoms. The molecule has 4 N–H and O–H groups in total. The zero-order valence-corrected chi connectivity index (χ0v) is 13.6. The zero-order valence-electron chi connectivity index (χ0n) is 12.8. The molecule has 0 aliphatic carbocycles. The van der Waals surface area contributed by atoms with Crippen LogP contribution in [0.5, 0.6) is 0 Å². The summed E-state index contributed by atoms with van der Waals surface area (Å²) in [6.07, 6.45) is 0. The molecule has 1 heterocycles. The Morgan fingerprint density at radius 3 is 2.25 bits per heavy atom. The highest BCUT2D eigenvalue weighted by atomic mass is 32.2. The molecule has 0 radical (unpaired) electrons. The maximum absolute atomic E-state index is 13.0. The Kier molecular flexibility index (Phi) is 4.88. The second-order valence-electron chi connectivity index (χ2n) is 4.96. The molecule has 0 saturated heterocycles. The van der Waals surface area contributed by atoms with Crippen molar-refractivity contribution in [3.63, 3.8) is 0 Å². The van der Waals surface area contributed by atoms with Crippen LogP contribution in [0.2, 0.25) is 0 Å². The van der Waals surface area contributed by atoms with Gasteiger partial charge in [-0.1, -0.05) is 17.7 Å². The molecule has 2 aromatic carbocycles. The van der Waals surface area contributed by atoms with E-state index >= 15 is 0 Å². The summed E-state index contributed by atoms with van der Waals surface area (Å²) in [5.41, 5.74) is 4.26. The van der Waals surface area contributed by atoms with E-state index < -0.39 is 0 Å². The van der Waals surface area contributed by atoms with E-state index in [4.69, 9.17) is 5.84 Å².